The molecule has 6 nitrogen and oxygen atoms in total. The molecule has 0 bridgehead atoms. The number of hydrogen-bond acceptors (Lipinski definition) is 6. The number of nitrogens with zero attached hydrogens (tertiary/aromatic N) is 4. The van der Waals surface area contributed by atoms with Crippen LogP contribution in [0.25, 0.3) is 22.0 Å². The first-order chi connectivity index (χ1) is 14.3. The molecule has 2 aromatic heterocycles. The summed E-state index contributed by atoms with van der Waals surface area (Å²) in [5, 5.41) is 19.1. The molecule has 0 atom stereocenters. The van der Waals surface area contributed by atoms with E-state index in [1.807, 2.05) is 54.6 Å². The number of nitrogens with two attached hydrogens (primary N) is 1. The van der Waals surface area contributed by atoms with E-state index >= 15 is 0 Å². The van der Waals surface area contributed by atoms with Crippen molar-refractivity contribution in [1.82, 2.24) is 20.4 Å². The number of hydrogen-bond donors (Lipinski definition) is 1. The highest BCUT2D eigenvalue weighted by molar-refractivity contribution is 6.01. The van der Waals surface area contributed by atoms with Gasteiger partial charge in [-0.2, -0.15) is 10.2 Å². The molecule has 0 aliphatic heterocycles. The topological polar surface area (TPSA) is 86.8 Å². The van der Waals surface area contributed by atoms with Crippen LogP contribution in [0, 0.1) is 0 Å². The zero-order valence-corrected chi connectivity index (χ0v) is 16.0. The Morgan fingerprint density at radius 1 is 0.828 bits per heavy atom. The SMILES string of the molecule is Nc1nncc2c(C3CCCC3)nnc(-c3ccc(Oc4ccccc4)cc3)c12. The average molecular weight is 383 g/mol. The van der Waals surface area contributed by atoms with Crippen LogP contribution in [0.1, 0.15) is 37.3 Å². The summed E-state index contributed by atoms with van der Waals surface area (Å²) in [5.41, 5.74) is 8.86. The molecule has 1 fully saturated rings. The first-order valence-corrected chi connectivity index (χ1v) is 9.90. The summed E-state index contributed by atoms with van der Waals surface area (Å²) >= 11 is 0. The second-order valence-corrected chi connectivity index (χ2v) is 7.37. The van der Waals surface area contributed by atoms with Crippen LogP contribution in [-0.4, -0.2) is 20.4 Å². The Bertz CT molecular complexity index is 1140. The van der Waals surface area contributed by atoms with Gasteiger partial charge in [0, 0.05) is 16.9 Å². The number of nitrogen functional groups attached to an aromatic ring is 1. The number of aromatic nitrogens is 4. The van der Waals surface area contributed by atoms with E-state index in [0.717, 1.165) is 52.1 Å². The predicted octanol–water partition coefficient (Wildman–Crippen LogP) is 5.12. The summed E-state index contributed by atoms with van der Waals surface area (Å²) in [7, 11) is 0. The summed E-state index contributed by atoms with van der Waals surface area (Å²) in [6.07, 6.45) is 6.50. The van der Waals surface area contributed by atoms with Gasteiger partial charge in [-0.15, -0.1) is 10.2 Å². The number of para-hydroxylation sites is 1. The number of rotatable bonds is 4. The van der Waals surface area contributed by atoms with Crippen molar-refractivity contribution in [1.29, 1.82) is 0 Å². The standard InChI is InChI=1S/C23H21N5O/c24-23-20-19(14-25-28-23)21(15-6-4-5-7-15)26-27-22(20)16-10-12-18(13-11-16)29-17-8-2-1-3-9-17/h1-3,8-15H,4-7H2,(H2,24,28). The third kappa shape index (κ3) is 3.38. The van der Waals surface area contributed by atoms with Gasteiger partial charge in [0.25, 0.3) is 0 Å². The zero-order chi connectivity index (χ0) is 19.6. The third-order valence-electron chi connectivity index (χ3n) is 5.50. The molecule has 1 saturated carbocycles. The second-order valence-electron chi connectivity index (χ2n) is 7.37. The van der Waals surface area contributed by atoms with Crippen LogP contribution in [0.4, 0.5) is 5.82 Å². The molecule has 6 heteroatoms. The molecule has 0 radical (unpaired) electrons. The Kier molecular flexibility index (Phi) is 4.52. The van der Waals surface area contributed by atoms with Crippen LogP contribution >= 0.6 is 0 Å². The quantitative estimate of drug-likeness (QED) is 0.526. The lowest BCUT2D eigenvalue weighted by atomic mass is 9.97. The number of benzene rings is 2. The molecule has 29 heavy (non-hydrogen) atoms. The lowest BCUT2D eigenvalue weighted by molar-refractivity contribution is 0.483. The Labute approximate surface area is 168 Å². The van der Waals surface area contributed by atoms with Crippen LogP contribution in [0.2, 0.25) is 0 Å². The maximum atomic E-state index is 6.23. The van der Waals surface area contributed by atoms with Crippen LogP contribution in [0.5, 0.6) is 11.5 Å². The second kappa shape index (κ2) is 7.47. The number of fused-ring (bicyclic) bond motifs is 1. The lowest BCUT2D eigenvalue weighted by Gasteiger charge is -2.14. The van der Waals surface area contributed by atoms with Gasteiger partial charge in [-0.05, 0) is 49.2 Å². The van der Waals surface area contributed by atoms with Crippen molar-refractivity contribution in [3.63, 3.8) is 0 Å². The zero-order valence-electron chi connectivity index (χ0n) is 16.0. The first-order valence-electron chi connectivity index (χ1n) is 9.90. The van der Waals surface area contributed by atoms with Crippen molar-refractivity contribution in [2.75, 3.05) is 5.73 Å². The fraction of sp³-hybridized carbons (Fsp3) is 0.217. The highest BCUT2D eigenvalue weighted by Gasteiger charge is 2.24. The molecule has 2 N–H and O–H groups in total. The van der Waals surface area contributed by atoms with Crippen molar-refractivity contribution in [2.24, 2.45) is 0 Å². The third-order valence-corrected chi connectivity index (χ3v) is 5.50. The summed E-state index contributed by atoms with van der Waals surface area (Å²) in [5.74, 6) is 2.36. The molecule has 0 spiro atoms. The van der Waals surface area contributed by atoms with Crippen molar-refractivity contribution in [3.05, 3.63) is 66.5 Å². The van der Waals surface area contributed by atoms with Crippen LogP contribution in [-0.2, 0) is 0 Å². The molecular weight excluding hydrogens is 362 g/mol. The molecule has 1 aliphatic carbocycles. The van der Waals surface area contributed by atoms with Crippen molar-refractivity contribution < 1.29 is 4.74 Å². The molecule has 144 valence electrons. The maximum absolute atomic E-state index is 6.23. The summed E-state index contributed by atoms with van der Waals surface area (Å²) < 4.78 is 5.88. The smallest absolute Gasteiger partial charge is 0.156 e. The van der Waals surface area contributed by atoms with Gasteiger partial charge < -0.3 is 10.5 Å². The van der Waals surface area contributed by atoms with Gasteiger partial charge in [-0.3, -0.25) is 0 Å². The average Bonchev–Trinajstić information content (AvgIpc) is 3.29. The van der Waals surface area contributed by atoms with E-state index in [0.29, 0.717) is 11.7 Å². The van der Waals surface area contributed by atoms with Gasteiger partial charge in [0.1, 0.15) is 17.2 Å². The van der Waals surface area contributed by atoms with E-state index < -0.39 is 0 Å². The highest BCUT2D eigenvalue weighted by atomic mass is 16.5. The molecule has 5 rings (SSSR count). The monoisotopic (exact) mass is 383 g/mol. The molecule has 4 aromatic rings. The Balaban J connectivity index is 1.54. The van der Waals surface area contributed by atoms with Crippen molar-refractivity contribution in [3.8, 4) is 22.8 Å². The molecular formula is C23H21N5O. The molecule has 2 aromatic carbocycles. The highest BCUT2D eigenvalue weighted by Crippen LogP contribution is 2.39. The van der Waals surface area contributed by atoms with Crippen LogP contribution in [0.15, 0.2) is 60.8 Å². The molecule has 0 unspecified atom stereocenters. The van der Waals surface area contributed by atoms with E-state index in [1.165, 1.54) is 12.8 Å². The largest absolute Gasteiger partial charge is 0.457 e. The Hall–Kier alpha value is -3.54. The van der Waals surface area contributed by atoms with E-state index in [1.54, 1.807) is 6.20 Å². The first kappa shape index (κ1) is 17.6. The molecule has 1 aliphatic rings. The summed E-state index contributed by atoms with van der Waals surface area (Å²) in [4.78, 5) is 0. The maximum Gasteiger partial charge on any atom is 0.156 e. The minimum atomic E-state index is 0.385. The fourth-order valence-electron chi connectivity index (χ4n) is 4.06. The number of anilines is 1. The van der Waals surface area contributed by atoms with E-state index in [4.69, 9.17) is 10.5 Å². The van der Waals surface area contributed by atoms with Crippen LogP contribution in [0.3, 0.4) is 0 Å². The summed E-state index contributed by atoms with van der Waals surface area (Å²) in [6, 6.07) is 17.5. The van der Waals surface area contributed by atoms with Crippen LogP contribution < -0.4 is 10.5 Å². The fourth-order valence-corrected chi connectivity index (χ4v) is 4.06. The van der Waals surface area contributed by atoms with Gasteiger partial charge >= 0.3 is 0 Å². The molecule has 2 heterocycles. The van der Waals surface area contributed by atoms with Gasteiger partial charge in [0.15, 0.2) is 5.82 Å². The number of ether oxygens (including phenoxy) is 1. The Morgan fingerprint density at radius 2 is 1.55 bits per heavy atom. The normalized spacial score (nSPS) is 14.3. The predicted molar refractivity (Wildman–Crippen MR) is 113 cm³/mol. The minimum Gasteiger partial charge on any atom is -0.457 e. The van der Waals surface area contributed by atoms with Gasteiger partial charge in [0.05, 0.1) is 17.3 Å². The lowest BCUT2D eigenvalue weighted by Crippen LogP contribution is -2.05. The van der Waals surface area contributed by atoms with E-state index in [-0.39, 0.29) is 0 Å². The molecule has 0 amide bonds. The van der Waals surface area contributed by atoms with E-state index in [9.17, 15) is 0 Å². The van der Waals surface area contributed by atoms with Crippen molar-refractivity contribution >= 4 is 16.6 Å². The van der Waals surface area contributed by atoms with Crippen molar-refractivity contribution in [2.45, 2.75) is 31.6 Å². The van der Waals surface area contributed by atoms with E-state index in [2.05, 4.69) is 20.4 Å². The van der Waals surface area contributed by atoms with Gasteiger partial charge in [-0.25, -0.2) is 0 Å². The summed E-state index contributed by atoms with van der Waals surface area (Å²) in [6.45, 7) is 0. The van der Waals surface area contributed by atoms with Gasteiger partial charge in [0.2, 0.25) is 0 Å². The van der Waals surface area contributed by atoms with Gasteiger partial charge in [-0.1, -0.05) is 31.0 Å². The Morgan fingerprint density at radius 3 is 2.31 bits per heavy atom. The molecule has 0 saturated heterocycles. The minimum absolute atomic E-state index is 0.385.